The number of nitrogens with one attached hydrogen (secondary N) is 1. The zero-order valence-corrected chi connectivity index (χ0v) is 15.6. The maximum Gasteiger partial charge on any atom is 0.227 e. The zero-order valence-electron chi connectivity index (χ0n) is 15.6. The van der Waals surface area contributed by atoms with Crippen molar-refractivity contribution in [3.8, 4) is 0 Å². The Labute approximate surface area is 154 Å². The summed E-state index contributed by atoms with van der Waals surface area (Å²) in [6.07, 6.45) is 3.69. The topological polar surface area (TPSA) is 67.2 Å². The van der Waals surface area contributed by atoms with E-state index in [2.05, 4.69) is 30.3 Å². The van der Waals surface area contributed by atoms with Crippen molar-refractivity contribution >= 4 is 17.6 Å². The van der Waals surface area contributed by atoms with Gasteiger partial charge in [-0.1, -0.05) is 31.2 Å². The molecule has 2 heterocycles. The van der Waals surface area contributed by atoms with Crippen LogP contribution in [0.3, 0.4) is 0 Å². The Kier molecular flexibility index (Phi) is 5.40. The smallest absolute Gasteiger partial charge is 0.227 e. The first-order chi connectivity index (χ1) is 12.5. The number of anilines is 1. The molecular weight excluding hydrogens is 328 g/mol. The van der Waals surface area contributed by atoms with Gasteiger partial charge in [0.25, 0.3) is 0 Å². The van der Waals surface area contributed by atoms with Crippen molar-refractivity contribution in [2.24, 2.45) is 0 Å². The minimum absolute atomic E-state index is 0.00181. The summed E-state index contributed by atoms with van der Waals surface area (Å²) in [5.74, 6) is 0.591. The molecule has 26 heavy (non-hydrogen) atoms. The summed E-state index contributed by atoms with van der Waals surface area (Å²) in [7, 11) is 0. The molecule has 2 amide bonds. The van der Waals surface area contributed by atoms with Crippen molar-refractivity contribution < 1.29 is 9.59 Å². The summed E-state index contributed by atoms with van der Waals surface area (Å²) in [6, 6.07) is 9.86. The fourth-order valence-electron chi connectivity index (χ4n) is 3.56. The monoisotopic (exact) mass is 354 g/mol. The Bertz CT molecular complexity index is 799. The third kappa shape index (κ3) is 3.64. The van der Waals surface area contributed by atoms with Crippen LogP contribution in [0.5, 0.6) is 0 Å². The number of hydrogen-bond donors (Lipinski definition) is 1. The first kappa shape index (κ1) is 18.2. The highest BCUT2D eigenvalue weighted by Gasteiger charge is 2.30. The van der Waals surface area contributed by atoms with E-state index in [1.165, 1.54) is 5.56 Å². The van der Waals surface area contributed by atoms with Crippen LogP contribution in [0.2, 0.25) is 0 Å². The van der Waals surface area contributed by atoms with Gasteiger partial charge in [0, 0.05) is 19.5 Å². The van der Waals surface area contributed by atoms with Gasteiger partial charge in [0.2, 0.25) is 11.8 Å². The Balaban J connectivity index is 1.79. The van der Waals surface area contributed by atoms with E-state index in [0.29, 0.717) is 12.4 Å². The molecule has 0 spiro atoms. The molecule has 0 radical (unpaired) electrons. The van der Waals surface area contributed by atoms with Crippen molar-refractivity contribution in [3.63, 3.8) is 0 Å². The Morgan fingerprint density at radius 3 is 2.81 bits per heavy atom. The van der Waals surface area contributed by atoms with Crippen LogP contribution in [-0.4, -0.2) is 33.0 Å². The highest BCUT2D eigenvalue weighted by atomic mass is 16.2. The zero-order chi connectivity index (χ0) is 18.7. The molecule has 138 valence electrons. The van der Waals surface area contributed by atoms with Crippen LogP contribution >= 0.6 is 0 Å². The van der Waals surface area contributed by atoms with E-state index in [1.807, 2.05) is 28.9 Å². The number of aromatic nitrogens is 2. The second kappa shape index (κ2) is 7.72. The van der Waals surface area contributed by atoms with E-state index in [-0.39, 0.29) is 30.3 Å². The standard InChI is InChI=1S/C20H26N4O2/c1-4-14(2)24-19(9-11-21-24)22-20(26)13-18-17-8-6-5-7-16(17)10-12-23(18)15(3)25/h5-9,11,14,18H,4,10,12-13H2,1-3H3,(H,22,26). The van der Waals surface area contributed by atoms with Crippen LogP contribution < -0.4 is 5.32 Å². The highest BCUT2D eigenvalue weighted by Crippen LogP contribution is 2.32. The average Bonchev–Trinajstić information content (AvgIpc) is 3.09. The molecule has 0 bridgehead atoms. The molecule has 1 aliphatic heterocycles. The minimum atomic E-state index is -0.225. The molecule has 0 fully saturated rings. The van der Waals surface area contributed by atoms with E-state index >= 15 is 0 Å². The van der Waals surface area contributed by atoms with E-state index in [4.69, 9.17) is 0 Å². The van der Waals surface area contributed by atoms with Crippen molar-refractivity contribution in [1.82, 2.24) is 14.7 Å². The first-order valence-electron chi connectivity index (χ1n) is 9.19. The van der Waals surface area contributed by atoms with Gasteiger partial charge in [0.1, 0.15) is 5.82 Å². The van der Waals surface area contributed by atoms with Gasteiger partial charge in [0.05, 0.1) is 24.7 Å². The number of carbonyl (C=O) groups excluding carboxylic acids is 2. The molecule has 2 unspecified atom stereocenters. The van der Waals surface area contributed by atoms with Crippen molar-refractivity contribution in [3.05, 3.63) is 47.7 Å². The summed E-state index contributed by atoms with van der Waals surface area (Å²) >= 11 is 0. The Morgan fingerprint density at radius 1 is 1.31 bits per heavy atom. The first-order valence-corrected chi connectivity index (χ1v) is 9.19. The van der Waals surface area contributed by atoms with Crippen molar-refractivity contribution in [2.45, 2.75) is 52.1 Å². The predicted molar refractivity (Wildman–Crippen MR) is 101 cm³/mol. The molecule has 0 saturated heterocycles. The molecule has 1 aliphatic rings. The molecule has 6 nitrogen and oxygen atoms in total. The van der Waals surface area contributed by atoms with Crippen LogP contribution in [0.15, 0.2) is 36.5 Å². The number of rotatable bonds is 5. The lowest BCUT2D eigenvalue weighted by Gasteiger charge is -2.36. The third-order valence-electron chi connectivity index (χ3n) is 5.14. The number of fused-ring (bicyclic) bond motifs is 1. The van der Waals surface area contributed by atoms with Crippen LogP contribution in [0.4, 0.5) is 5.82 Å². The normalized spacial score (nSPS) is 17.5. The molecule has 1 N–H and O–H groups in total. The molecule has 2 aromatic rings. The largest absolute Gasteiger partial charge is 0.335 e. The summed E-state index contributed by atoms with van der Waals surface area (Å²) in [5, 5.41) is 7.27. The molecule has 0 saturated carbocycles. The van der Waals surface area contributed by atoms with Crippen LogP contribution in [0, 0.1) is 0 Å². The van der Waals surface area contributed by atoms with Gasteiger partial charge < -0.3 is 10.2 Å². The molecule has 1 aromatic carbocycles. The lowest BCUT2D eigenvalue weighted by Crippen LogP contribution is -2.40. The van der Waals surface area contributed by atoms with Crippen molar-refractivity contribution in [1.29, 1.82) is 0 Å². The van der Waals surface area contributed by atoms with Gasteiger partial charge in [-0.3, -0.25) is 9.59 Å². The Morgan fingerprint density at radius 2 is 2.08 bits per heavy atom. The predicted octanol–water partition coefficient (Wildman–Crippen LogP) is 3.33. The number of hydrogen-bond acceptors (Lipinski definition) is 3. The lowest BCUT2D eigenvalue weighted by molar-refractivity contribution is -0.132. The highest BCUT2D eigenvalue weighted by molar-refractivity contribution is 5.91. The SMILES string of the molecule is CCC(C)n1nccc1NC(=O)CC1c2ccccc2CCN1C(C)=O. The third-order valence-corrected chi connectivity index (χ3v) is 5.14. The van der Waals surface area contributed by atoms with Crippen LogP contribution in [0.25, 0.3) is 0 Å². The summed E-state index contributed by atoms with van der Waals surface area (Å²) < 4.78 is 1.83. The number of benzene rings is 1. The molecule has 6 heteroatoms. The molecule has 2 atom stereocenters. The molecule has 3 rings (SSSR count). The summed E-state index contributed by atoms with van der Waals surface area (Å²) in [6.45, 7) is 6.37. The van der Waals surface area contributed by atoms with Crippen LogP contribution in [-0.2, 0) is 16.0 Å². The number of amides is 2. The minimum Gasteiger partial charge on any atom is -0.335 e. The van der Waals surface area contributed by atoms with Gasteiger partial charge in [-0.05, 0) is 30.9 Å². The summed E-state index contributed by atoms with van der Waals surface area (Å²) in [5.41, 5.74) is 2.28. The second-order valence-electron chi connectivity index (χ2n) is 6.85. The molecule has 1 aromatic heterocycles. The molecular formula is C20H26N4O2. The van der Waals surface area contributed by atoms with E-state index in [1.54, 1.807) is 18.0 Å². The van der Waals surface area contributed by atoms with Gasteiger partial charge in [-0.25, -0.2) is 4.68 Å². The number of carbonyl (C=O) groups is 2. The maximum atomic E-state index is 12.7. The van der Waals surface area contributed by atoms with Crippen molar-refractivity contribution in [2.75, 3.05) is 11.9 Å². The van der Waals surface area contributed by atoms with Gasteiger partial charge in [0.15, 0.2) is 0 Å². The fraction of sp³-hybridized carbons (Fsp3) is 0.450. The Hall–Kier alpha value is -2.63. The van der Waals surface area contributed by atoms with Gasteiger partial charge in [-0.15, -0.1) is 0 Å². The van der Waals surface area contributed by atoms with E-state index in [9.17, 15) is 9.59 Å². The number of nitrogens with zero attached hydrogens (tertiary/aromatic N) is 3. The average molecular weight is 354 g/mol. The second-order valence-corrected chi connectivity index (χ2v) is 6.85. The quantitative estimate of drug-likeness (QED) is 0.895. The summed E-state index contributed by atoms with van der Waals surface area (Å²) in [4.78, 5) is 26.6. The lowest BCUT2D eigenvalue weighted by atomic mass is 9.90. The van der Waals surface area contributed by atoms with E-state index < -0.39 is 0 Å². The van der Waals surface area contributed by atoms with Crippen LogP contribution in [0.1, 0.15) is 56.8 Å². The van der Waals surface area contributed by atoms with E-state index in [0.717, 1.165) is 18.4 Å². The van der Waals surface area contributed by atoms with Gasteiger partial charge >= 0.3 is 0 Å². The molecule has 0 aliphatic carbocycles. The fourth-order valence-corrected chi connectivity index (χ4v) is 3.56. The maximum absolute atomic E-state index is 12.7. The van der Waals surface area contributed by atoms with Gasteiger partial charge in [-0.2, -0.15) is 5.10 Å².